The first-order valence-electron chi connectivity index (χ1n) is 8.96. The van der Waals surface area contributed by atoms with Crippen molar-refractivity contribution in [3.8, 4) is 11.3 Å². The molecule has 1 aliphatic rings. The maximum Gasteiger partial charge on any atom is 0.326 e. The Kier molecular flexibility index (Phi) is 6.06. The molecule has 1 aromatic heterocycles. The Morgan fingerprint density at radius 2 is 2.03 bits per heavy atom. The number of nitro benzene ring substituents is 1. The predicted molar refractivity (Wildman–Crippen MR) is 109 cm³/mol. The molecule has 2 aromatic rings. The molecular formula is C20H18N2O7S. The fourth-order valence-electron chi connectivity index (χ4n) is 2.79. The van der Waals surface area contributed by atoms with Crippen LogP contribution in [0.3, 0.4) is 0 Å². The first-order valence-corrected chi connectivity index (χ1v) is 9.77. The molecule has 2 amide bonds. The number of amides is 2. The average Bonchev–Trinajstić information content (AvgIpc) is 3.21. The van der Waals surface area contributed by atoms with Crippen LogP contribution in [-0.2, 0) is 14.3 Å². The van der Waals surface area contributed by atoms with Crippen LogP contribution in [0.15, 0.2) is 39.7 Å². The zero-order chi connectivity index (χ0) is 22.0. The molecule has 0 spiro atoms. The van der Waals surface area contributed by atoms with Crippen LogP contribution in [0.25, 0.3) is 17.4 Å². The van der Waals surface area contributed by atoms with Gasteiger partial charge in [0.2, 0.25) is 0 Å². The number of thioether (sulfide) groups is 1. The first-order chi connectivity index (χ1) is 14.2. The fraction of sp³-hybridized carbons (Fsp3) is 0.250. The van der Waals surface area contributed by atoms with E-state index < -0.39 is 28.6 Å². The summed E-state index contributed by atoms with van der Waals surface area (Å²) in [6, 6.07) is 7.88. The van der Waals surface area contributed by atoms with Gasteiger partial charge in [-0.1, -0.05) is 0 Å². The summed E-state index contributed by atoms with van der Waals surface area (Å²) in [6.45, 7) is 4.52. The molecule has 0 atom stereocenters. The topological polar surface area (TPSA) is 120 Å². The molecule has 0 saturated carbocycles. The van der Waals surface area contributed by atoms with Crippen molar-refractivity contribution < 1.29 is 28.5 Å². The largest absolute Gasteiger partial charge is 0.462 e. The summed E-state index contributed by atoms with van der Waals surface area (Å²) in [5.41, 5.74) is 1.14. The minimum atomic E-state index is -0.664. The zero-order valence-corrected chi connectivity index (χ0v) is 17.2. The molecule has 1 aromatic carbocycles. The number of nitro groups is 1. The molecule has 1 aliphatic heterocycles. The number of rotatable bonds is 6. The van der Waals surface area contributed by atoms with Gasteiger partial charge in [-0.25, -0.2) is 0 Å². The number of carbonyl (C=O) groups excluding carboxylic acids is 3. The summed E-state index contributed by atoms with van der Waals surface area (Å²) in [6.07, 6.45) is 1.07. The summed E-state index contributed by atoms with van der Waals surface area (Å²) in [5, 5.41) is 10.4. The number of aryl methyl sites for hydroxylation is 1. The lowest BCUT2D eigenvalue weighted by Crippen LogP contribution is -2.35. The van der Waals surface area contributed by atoms with Crippen molar-refractivity contribution in [1.82, 2.24) is 4.90 Å². The van der Waals surface area contributed by atoms with Gasteiger partial charge in [-0.05, 0) is 56.8 Å². The van der Waals surface area contributed by atoms with E-state index >= 15 is 0 Å². The van der Waals surface area contributed by atoms with Crippen LogP contribution in [0.2, 0.25) is 0 Å². The number of imide groups is 1. The summed E-state index contributed by atoms with van der Waals surface area (Å²) in [5.74, 6) is -0.479. The molecule has 3 rings (SSSR count). The van der Waals surface area contributed by atoms with E-state index in [1.165, 1.54) is 12.1 Å². The normalized spacial score (nSPS) is 15.3. The Morgan fingerprint density at radius 1 is 1.30 bits per heavy atom. The summed E-state index contributed by atoms with van der Waals surface area (Å²) in [7, 11) is 0. The minimum absolute atomic E-state index is 0.00944. The number of esters is 1. The number of benzene rings is 1. The number of ether oxygens (including phenoxy) is 1. The Hall–Kier alpha value is -3.40. The molecule has 1 saturated heterocycles. The highest BCUT2D eigenvalue weighted by atomic mass is 32.2. The van der Waals surface area contributed by atoms with Crippen molar-refractivity contribution in [3.63, 3.8) is 0 Å². The molecule has 0 bridgehead atoms. The molecule has 0 unspecified atom stereocenters. The Balaban J connectivity index is 1.77. The van der Waals surface area contributed by atoms with Crippen molar-refractivity contribution >= 4 is 40.6 Å². The van der Waals surface area contributed by atoms with E-state index in [9.17, 15) is 24.5 Å². The third kappa shape index (κ3) is 4.60. The lowest BCUT2D eigenvalue weighted by molar-refractivity contribution is -0.385. The van der Waals surface area contributed by atoms with Crippen molar-refractivity contribution in [2.45, 2.75) is 26.9 Å². The molecule has 9 nitrogen and oxygen atoms in total. The van der Waals surface area contributed by atoms with Gasteiger partial charge in [0, 0.05) is 23.3 Å². The second-order valence-electron chi connectivity index (χ2n) is 6.77. The lowest BCUT2D eigenvalue weighted by atomic mass is 10.1. The number of furan rings is 1. The summed E-state index contributed by atoms with van der Waals surface area (Å²) >= 11 is 0.706. The van der Waals surface area contributed by atoms with Crippen LogP contribution >= 0.6 is 11.8 Å². The van der Waals surface area contributed by atoms with E-state index in [1.807, 2.05) is 0 Å². The SMILES string of the molecule is Cc1cc(-c2ccc(/C=C3\SC(=O)N(CC(=O)OC(C)C)C3=O)o2)ccc1[N+](=O)[O-]. The van der Waals surface area contributed by atoms with E-state index in [0.29, 0.717) is 34.4 Å². The molecule has 10 heteroatoms. The van der Waals surface area contributed by atoms with E-state index in [4.69, 9.17) is 9.15 Å². The van der Waals surface area contributed by atoms with Crippen LogP contribution < -0.4 is 0 Å². The molecule has 156 valence electrons. The minimum Gasteiger partial charge on any atom is -0.462 e. The maximum absolute atomic E-state index is 12.5. The van der Waals surface area contributed by atoms with E-state index in [1.54, 1.807) is 45.0 Å². The van der Waals surface area contributed by atoms with Gasteiger partial charge in [-0.3, -0.25) is 29.4 Å². The smallest absolute Gasteiger partial charge is 0.326 e. The molecule has 2 heterocycles. The molecular weight excluding hydrogens is 412 g/mol. The standard InChI is InChI=1S/C20H18N2O7S/c1-11(2)28-18(23)10-21-19(24)17(30-20(21)25)9-14-5-7-16(29-14)13-4-6-15(22(26)27)12(3)8-13/h4-9,11H,10H2,1-3H3/b17-9-. The zero-order valence-electron chi connectivity index (χ0n) is 16.4. The van der Waals surface area contributed by atoms with Crippen molar-refractivity contribution in [2.75, 3.05) is 6.54 Å². The van der Waals surface area contributed by atoms with Crippen LogP contribution in [0.1, 0.15) is 25.2 Å². The predicted octanol–water partition coefficient (Wildman–Crippen LogP) is 4.15. The van der Waals surface area contributed by atoms with E-state index in [0.717, 1.165) is 4.90 Å². The van der Waals surface area contributed by atoms with Crippen LogP contribution in [0.4, 0.5) is 10.5 Å². The molecule has 0 radical (unpaired) electrons. The van der Waals surface area contributed by atoms with E-state index in [-0.39, 0.29) is 16.7 Å². The second kappa shape index (κ2) is 8.54. The monoisotopic (exact) mass is 430 g/mol. The lowest BCUT2D eigenvalue weighted by Gasteiger charge is -2.13. The first kappa shape index (κ1) is 21.3. The van der Waals surface area contributed by atoms with Gasteiger partial charge >= 0.3 is 5.97 Å². The molecule has 1 fully saturated rings. The van der Waals surface area contributed by atoms with Gasteiger partial charge in [0.25, 0.3) is 16.8 Å². The Bertz CT molecular complexity index is 1070. The number of hydrogen-bond donors (Lipinski definition) is 0. The average molecular weight is 430 g/mol. The second-order valence-corrected chi connectivity index (χ2v) is 7.76. The number of carbonyl (C=O) groups is 3. The van der Waals surface area contributed by atoms with Crippen LogP contribution in [0.5, 0.6) is 0 Å². The highest BCUT2D eigenvalue weighted by Gasteiger charge is 2.37. The van der Waals surface area contributed by atoms with Crippen molar-refractivity contribution in [2.24, 2.45) is 0 Å². The van der Waals surface area contributed by atoms with Crippen molar-refractivity contribution in [3.05, 3.63) is 56.7 Å². The highest BCUT2D eigenvalue weighted by Crippen LogP contribution is 2.34. The fourth-order valence-corrected chi connectivity index (χ4v) is 3.61. The third-order valence-corrected chi connectivity index (χ3v) is 5.01. The third-order valence-electron chi connectivity index (χ3n) is 4.11. The number of nitrogens with zero attached hydrogens (tertiary/aromatic N) is 2. The van der Waals surface area contributed by atoms with Crippen LogP contribution in [-0.4, -0.2) is 39.6 Å². The van der Waals surface area contributed by atoms with Gasteiger partial charge in [-0.2, -0.15) is 0 Å². The Labute approximate surface area is 175 Å². The van der Waals surface area contributed by atoms with Crippen molar-refractivity contribution in [1.29, 1.82) is 0 Å². The van der Waals surface area contributed by atoms with Crippen LogP contribution in [0, 0.1) is 17.0 Å². The molecule has 0 aliphatic carbocycles. The highest BCUT2D eigenvalue weighted by molar-refractivity contribution is 8.18. The number of hydrogen-bond acceptors (Lipinski definition) is 8. The summed E-state index contributed by atoms with van der Waals surface area (Å²) in [4.78, 5) is 47.8. The quantitative estimate of drug-likeness (QED) is 0.290. The molecule has 30 heavy (non-hydrogen) atoms. The van der Waals surface area contributed by atoms with Gasteiger partial charge in [-0.15, -0.1) is 0 Å². The van der Waals surface area contributed by atoms with Gasteiger partial charge < -0.3 is 9.15 Å². The Morgan fingerprint density at radius 3 is 2.67 bits per heavy atom. The van der Waals surface area contributed by atoms with Gasteiger partial charge in [0.05, 0.1) is 15.9 Å². The maximum atomic E-state index is 12.5. The summed E-state index contributed by atoms with van der Waals surface area (Å²) < 4.78 is 10.7. The van der Waals surface area contributed by atoms with Gasteiger partial charge in [0.15, 0.2) is 0 Å². The molecule has 0 N–H and O–H groups in total. The van der Waals surface area contributed by atoms with Gasteiger partial charge in [0.1, 0.15) is 18.1 Å². The van der Waals surface area contributed by atoms with E-state index in [2.05, 4.69) is 0 Å².